The fourth-order valence-corrected chi connectivity index (χ4v) is 4.96. The van der Waals surface area contributed by atoms with Gasteiger partial charge in [-0.1, -0.05) is 54.1 Å². The molecule has 0 bridgehead atoms. The zero-order valence-electron chi connectivity index (χ0n) is 18.2. The molecule has 10 heteroatoms. The van der Waals surface area contributed by atoms with Crippen LogP contribution in [0.3, 0.4) is 0 Å². The van der Waals surface area contributed by atoms with Crippen LogP contribution in [0.5, 0.6) is 5.75 Å². The predicted octanol–water partition coefficient (Wildman–Crippen LogP) is 3.15. The molecule has 1 aliphatic rings. The fraction of sp³-hybridized carbons (Fsp3) is 0.304. The summed E-state index contributed by atoms with van der Waals surface area (Å²) < 4.78 is 31.0. The number of hydrogen-bond donors (Lipinski definition) is 1. The molecule has 2 aromatic carbocycles. The Morgan fingerprint density at radius 3 is 2.48 bits per heavy atom. The normalized spacial score (nSPS) is 15.3. The third-order valence-corrected chi connectivity index (χ3v) is 6.50. The minimum Gasteiger partial charge on any atom is -0.380 e. The fourth-order valence-electron chi connectivity index (χ4n) is 4.28. The van der Waals surface area contributed by atoms with Crippen LogP contribution >= 0.6 is 11.6 Å². The molecule has 1 aliphatic heterocycles. The highest BCUT2D eigenvalue weighted by atomic mass is 35.5. The maximum atomic E-state index is 11.8. The van der Waals surface area contributed by atoms with Gasteiger partial charge in [0.05, 0.1) is 11.8 Å². The summed E-state index contributed by atoms with van der Waals surface area (Å²) in [4.78, 5) is 11.8. The van der Waals surface area contributed by atoms with Crippen molar-refractivity contribution in [3.05, 3.63) is 53.7 Å². The second-order valence-electron chi connectivity index (χ2n) is 8.08. The van der Waals surface area contributed by atoms with Crippen LogP contribution in [-0.4, -0.2) is 66.8 Å². The number of fused-ring (bicyclic) bond motifs is 3. The Balaban J connectivity index is 1.72. The van der Waals surface area contributed by atoms with Crippen molar-refractivity contribution in [1.29, 1.82) is 0 Å². The first kappa shape index (κ1) is 22.1. The second-order valence-corrected chi connectivity index (χ2v) is 10.0. The molecule has 1 saturated heterocycles. The molecule has 1 fully saturated rings. The van der Waals surface area contributed by atoms with E-state index >= 15 is 0 Å². The minimum absolute atomic E-state index is 0.148. The van der Waals surface area contributed by atoms with Crippen LogP contribution in [-0.2, 0) is 16.7 Å². The molecular weight excluding hydrogens is 462 g/mol. The molecule has 3 heterocycles. The van der Waals surface area contributed by atoms with E-state index in [1.54, 1.807) is 12.1 Å². The van der Waals surface area contributed by atoms with Gasteiger partial charge < -0.3 is 14.1 Å². The molecule has 1 N–H and O–H groups in total. The zero-order chi connectivity index (χ0) is 23.0. The largest absolute Gasteiger partial charge is 0.380 e. The monoisotopic (exact) mass is 485 g/mol. The third-order valence-electron chi connectivity index (χ3n) is 5.75. The van der Waals surface area contributed by atoms with Crippen LogP contribution in [0.25, 0.3) is 33.3 Å². The first-order valence-corrected chi connectivity index (χ1v) is 13.0. The van der Waals surface area contributed by atoms with Crippen molar-refractivity contribution in [2.75, 3.05) is 39.0 Å². The molecule has 172 valence electrons. The Morgan fingerprint density at radius 2 is 1.76 bits per heavy atom. The molecule has 2 aromatic heterocycles. The average molecular weight is 486 g/mol. The van der Waals surface area contributed by atoms with Crippen LogP contribution < -0.4 is 9.50 Å². The van der Waals surface area contributed by atoms with Crippen LogP contribution in [0.15, 0.2) is 48.5 Å². The van der Waals surface area contributed by atoms with Crippen molar-refractivity contribution in [2.45, 2.75) is 6.54 Å². The molecule has 5 rings (SSSR count). The van der Waals surface area contributed by atoms with Crippen molar-refractivity contribution < 1.29 is 12.6 Å². The summed E-state index contributed by atoms with van der Waals surface area (Å²) in [5, 5.41) is 4.33. The number of pyridine rings is 1. The number of nitrogens with zero attached hydrogens (tertiary/aromatic N) is 4. The molecule has 0 saturated carbocycles. The third kappa shape index (κ3) is 4.54. The van der Waals surface area contributed by atoms with Gasteiger partial charge in [-0.3, -0.25) is 4.90 Å². The number of hydrogen-bond acceptors (Lipinski definition) is 7. The first-order chi connectivity index (χ1) is 15.9. The first-order valence-electron chi connectivity index (χ1n) is 10.8. The highest BCUT2D eigenvalue weighted by molar-refractivity contribution is 7.86. The molecule has 8 nitrogen and oxygen atoms in total. The van der Waals surface area contributed by atoms with E-state index in [4.69, 9.17) is 20.8 Å². The number of nitrogens with one attached hydrogen (secondary N) is 1. The number of halogens is 1. The number of imidazole rings is 1. The van der Waals surface area contributed by atoms with Gasteiger partial charge in [-0.2, -0.15) is 8.42 Å². The second kappa shape index (κ2) is 8.90. The van der Waals surface area contributed by atoms with E-state index in [0.29, 0.717) is 17.6 Å². The Hall–Kier alpha value is -2.72. The van der Waals surface area contributed by atoms with Crippen LogP contribution in [0.2, 0.25) is 5.15 Å². The lowest BCUT2D eigenvalue weighted by Gasteiger charge is -2.27. The molecule has 0 unspecified atom stereocenters. The zero-order valence-corrected chi connectivity index (χ0v) is 19.7. The molecule has 4 aromatic rings. The maximum absolute atomic E-state index is 11.8. The van der Waals surface area contributed by atoms with Gasteiger partial charge in [0, 0.05) is 50.2 Å². The van der Waals surface area contributed by atoms with Gasteiger partial charge in [0.15, 0.2) is 10.9 Å². The Morgan fingerprint density at radius 1 is 1.00 bits per heavy atom. The number of para-hydroxylation sites is 1. The number of piperazine rings is 1. The van der Waals surface area contributed by atoms with Gasteiger partial charge in [0.25, 0.3) is 0 Å². The van der Waals surface area contributed by atoms with Gasteiger partial charge in [-0.15, -0.1) is 0 Å². The van der Waals surface area contributed by atoms with Gasteiger partial charge in [0.1, 0.15) is 16.9 Å². The number of rotatable bonds is 6. The van der Waals surface area contributed by atoms with Gasteiger partial charge >= 0.3 is 10.1 Å². The lowest BCUT2D eigenvalue weighted by atomic mass is 10.1. The van der Waals surface area contributed by atoms with Crippen molar-refractivity contribution in [1.82, 2.24) is 24.8 Å². The Labute approximate surface area is 197 Å². The molecule has 0 radical (unpaired) electrons. The van der Waals surface area contributed by atoms with Gasteiger partial charge in [0.2, 0.25) is 0 Å². The molecule has 0 atom stereocenters. The Bertz CT molecular complexity index is 1420. The van der Waals surface area contributed by atoms with Crippen LogP contribution in [0, 0.1) is 0 Å². The lowest BCUT2D eigenvalue weighted by Crippen LogP contribution is -2.44. The van der Waals surface area contributed by atoms with Crippen molar-refractivity contribution >= 4 is 43.7 Å². The molecule has 0 amide bonds. The SMILES string of the molecule is CS(=O)(=O)Oc1cccc2c1nc(Cl)c1nc(-c3ccccc3)n(CCN3CCNCC3)c12. The highest BCUT2D eigenvalue weighted by Crippen LogP contribution is 2.36. The van der Waals surface area contributed by atoms with Crippen molar-refractivity contribution in [3.63, 3.8) is 0 Å². The number of benzene rings is 2. The van der Waals surface area contributed by atoms with E-state index in [1.165, 1.54) is 0 Å². The summed E-state index contributed by atoms with van der Waals surface area (Å²) in [6, 6.07) is 15.2. The Kier molecular flexibility index (Phi) is 5.96. The van der Waals surface area contributed by atoms with Gasteiger partial charge in [-0.25, -0.2) is 9.97 Å². The average Bonchev–Trinajstić information content (AvgIpc) is 3.19. The maximum Gasteiger partial charge on any atom is 0.306 e. The summed E-state index contributed by atoms with van der Waals surface area (Å²) in [5.74, 6) is 0.946. The van der Waals surface area contributed by atoms with Crippen molar-refractivity contribution in [3.8, 4) is 17.1 Å². The van der Waals surface area contributed by atoms with Crippen LogP contribution in [0.1, 0.15) is 0 Å². The topological polar surface area (TPSA) is 89.4 Å². The van der Waals surface area contributed by atoms with Crippen molar-refractivity contribution in [2.24, 2.45) is 0 Å². The van der Waals surface area contributed by atoms with E-state index in [9.17, 15) is 8.42 Å². The predicted molar refractivity (Wildman–Crippen MR) is 130 cm³/mol. The summed E-state index contributed by atoms with van der Waals surface area (Å²) in [5.41, 5.74) is 2.77. The summed E-state index contributed by atoms with van der Waals surface area (Å²) >= 11 is 6.59. The lowest BCUT2D eigenvalue weighted by molar-refractivity contribution is 0.233. The quantitative estimate of drug-likeness (QED) is 0.331. The summed E-state index contributed by atoms with van der Waals surface area (Å²) in [7, 11) is -3.73. The molecule has 0 spiro atoms. The van der Waals surface area contributed by atoms with E-state index in [0.717, 1.165) is 61.3 Å². The van der Waals surface area contributed by atoms with E-state index in [-0.39, 0.29) is 10.9 Å². The van der Waals surface area contributed by atoms with E-state index < -0.39 is 10.1 Å². The molecule has 0 aliphatic carbocycles. The van der Waals surface area contributed by atoms with Crippen LogP contribution in [0.4, 0.5) is 0 Å². The standard InChI is InChI=1S/C23H24ClN5O3S/c1-33(30,31)32-18-9-5-8-17-19(18)26-22(24)20-21(17)29(15-14-28-12-10-25-11-13-28)23(27-20)16-6-3-2-4-7-16/h2-9,25H,10-15H2,1H3. The van der Waals surface area contributed by atoms with E-state index in [2.05, 4.69) is 19.8 Å². The molecule has 33 heavy (non-hydrogen) atoms. The van der Waals surface area contributed by atoms with E-state index in [1.807, 2.05) is 36.4 Å². The smallest absolute Gasteiger partial charge is 0.306 e. The molecular formula is C23H24ClN5O3S. The summed E-state index contributed by atoms with van der Waals surface area (Å²) in [6.45, 7) is 5.48. The summed E-state index contributed by atoms with van der Waals surface area (Å²) in [6.07, 6.45) is 1.01. The highest BCUT2D eigenvalue weighted by Gasteiger charge is 2.22. The minimum atomic E-state index is -3.73. The van der Waals surface area contributed by atoms with Gasteiger partial charge in [-0.05, 0) is 6.07 Å². The number of aromatic nitrogens is 3.